The Morgan fingerprint density at radius 2 is 2.08 bits per heavy atom. The number of pyridine rings is 2. The summed E-state index contributed by atoms with van der Waals surface area (Å²) in [5.74, 6) is -0.107. The summed E-state index contributed by atoms with van der Waals surface area (Å²) in [6.45, 7) is 2.58. The smallest absolute Gasteiger partial charge is 0.252 e. The van der Waals surface area contributed by atoms with Crippen LogP contribution in [0.4, 0.5) is 10.2 Å². The molecule has 0 unspecified atom stereocenters. The van der Waals surface area contributed by atoms with E-state index < -0.39 is 11.9 Å². The van der Waals surface area contributed by atoms with E-state index in [4.69, 9.17) is 20.2 Å². The summed E-state index contributed by atoms with van der Waals surface area (Å²) in [7, 11) is 0. The largest absolute Gasteiger partial charge is 0.472 e. The van der Waals surface area contributed by atoms with Crippen molar-refractivity contribution in [3.8, 4) is 23.2 Å². The van der Waals surface area contributed by atoms with Crippen molar-refractivity contribution in [1.82, 2.24) is 29.5 Å². The predicted molar refractivity (Wildman–Crippen MR) is 137 cm³/mol. The van der Waals surface area contributed by atoms with Crippen molar-refractivity contribution in [2.45, 2.75) is 57.4 Å². The third-order valence-electron chi connectivity index (χ3n) is 6.71. The van der Waals surface area contributed by atoms with Crippen LogP contribution in [0.5, 0.6) is 5.88 Å². The molecule has 0 bridgehead atoms. The third kappa shape index (κ3) is 5.16. The molecular weight excluding hydrogens is 491 g/mol. The Bertz CT molecular complexity index is 1450. The number of nitriles is 1. The van der Waals surface area contributed by atoms with Gasteiger partial charge in [0.15, 0.2) is 0 Å². The van der Waals surface area contributed by atoms with Crippen molar-refractivity contribution in [1.29, 1.82) is 5.26 Å². The summed E-state index contributed by atoms with van der Waals surface area (Å²) >= 11 is 0. The molecule has 3 N–H and O–H groups in total. The molecular formula is C26H29FN8O3. The van der Waals surface area contributed by atoms with E-state index in [0.29, 0.717) is 12.8 Å². The van der Waals surface area contributed by atoms with Crippen LogP contribution in [-0.4, -0.2) is 65.1 Å². The molecule has 11 nitrogen and oxygen atoms in total. The highest BCUT2D eigenvalue weighted by Crippen LogP contribution is 2.36. The number of ether oxygens (including phenoxy) is 1. The number of hydrogen-bond donors (Lipinski definition) is 3. The first-order valence-electron chi connectivity index (χ1n) is 12.7. The zero-order valence-corrected chi connectivity index (χ0v) is 21.0. The second-order valence-electron chi connectivity index (χ2n) is 9.34. The van der Waals surface area contributed by atoms with Crippen LogP contribution in [-0.2, 0) is 6.54 Å². The molecule has 0 aliphatic heterocycles. The maximum absolute atomic E-state index is 14.4. The number of anilines is 1. The number of fused-ring (bicyclic) bond motifs is 1. The van der Waals surface area contributed by atoms with Gasteiger partial charge in [-0.25, -0.2) is 9.97 Å². The van der Waals surface area contributed by atoms with Crippen LogP contribution in [0.1, 0.15) is 44.2 Å². The summed E-state index contributed by atoms with van der Waals surface area (Å²) in [5.41, 5.74) is 2.37. The molecule has 4 aromatic heterocycles. The van der Waals surface area contributed by atoms with Gasteiger partial charge in [-0.1, -0.05) is 0 Å². The summed E-state index contributed by atoms with van der Waals surface area (Å²) in [6, 6.07) is 5.23. The van der Waals surface area contributed by atoms with Crippen molar-refractivity contribution in [2.24, 2.45) is 0 Å². The third-order valence-corrected chi connectivity index (χ3v) is 6.71. The van der Waals surface area contributed by atoms with Gasteiger partial charge < -0.3 is 20.3 Å². The maximum Gasteiger partial charge on any atom is 0.252 e. The van der Waals surface area contributed by atoms with Gasteiger partial charge in [0.25, 0.3) is 5.88 Å². The average Bonchev–Trinajstić information content (AvgIpc) is 3.55. The van der Waals surface area contributed by atoms with Gasteiger partial charge in [0.05, 0.1) is 42.6 Å². The number of nitrogens with zero attached hydrogens (tertiary/aromatic N) is 7. The van der Waals surface area contributed by atoms with Crippen LogP contribution >= 0.6 is 0 Å². The zero-order valence-electron chi connectivity index (χ0n) is 21.0. The van der Waals surface area contributed by atoms with E-state index in [2.05, 4.69) is 20.4 Å². The van der Waals surface area contributed by atoms with Crippen LogP contribution in [0, 0.1) is 17.1 Å². The highest BCUT2D eigenvalue weighted by molar-refractivity contribution is 5.93. The summed E-state index contributed by atoms with van der Waals surface area (Å²) in [5, 5.41) is 41.4. The Balaban J connectivity index is 1.39. The molecule has 38 heavy (non-hydrogen) atoms. The number of halogens is 1. The minimum Gasteiger partial charge on any atom is -0.472 e. The number of aromatic nitrogens is 6. The molecule has 12 heteroatoms. The maximum atomic E-state index is 14.4. The van der Waals surface area contributed by atoms with E-state index in [1.54, 1.807) is 23.3 Å². The standard InChI is InChI=1S/C26H29FN8O3/c1-2-29-23-9-22-21(12-31-23)25(17-11-32-34(13-17)14-19(37)15-36)33-35(22)18-3-5-20(6-4-18)38-26-24(27)16(10-28)7-8-30-26/h7-9,11-13,18-20,36-37H,2-6,14-15H2,1H3,(H,29,31)/t18?,19-,20?/m1/s1. The highest BCUT2D eigenvalue weighted by atomic mass is 19.1. The SMILES string of the molecule is CCNc1cc2c(cn1)c(-c1cnn(C[C@@H](O)CO)c1)nn2C1CCC(Oc2nccc(C#N)c2F)CC1. The van der Waals surface area contributed by atoms with E-state index in [0.717, 1.165) is 47.4 Å². The van der Waals surface area contributed by atoms with Crippen LogP contribution in [0.15, 0.2) is 36.9 Å². The van der Waals surface area contributed by atoms with Gasteiger partial charge in [0.2, 0.25) is 5.82 Å². The fraction of sp³-hybridized carbons (Fsp3) is 0.423. The molecule has 1 atom stereocenters. The summed E-state index contributed by atoms with van der Waals surface area (Å²) in [6.07, 6.45) is 8.45. The lowest BCUT2D eigenvalue weighted by atomic mass is 9.93. The van der Waals surface area contributed by atoms with E-state index in [-0.39, 0.29) is 36.7 Å². The van der Waals surface area contributed by atoms with Crippen molar-refractivity contribution in [3.63, 3.8) is 0 Å². The van der Waals surface area contributed by atoms with Crippen molar-refractivity contribution >= 4 is 16.7 Å². The number of aliphatic hydroxyl groups excluding tert-OH is 2. The van der Waals surface area contributed by atoms with Gasteiger partial charge in [-0.15, -0.1) is 0 Å². The molecule has 5 rings (SSSR count). The van der Waals surface area contributed by atoms with Crippen LogP contribution in [0.2, 0.25) is 0 Å². The molecule has 4 heterocycles. The summed E-state index contributed by atoms with van der Waals surface area (Å²) in [4.78, 5) is 8.51. The Kier molecular flexibility index (Phi) is 7.48. The average molecular weight is 521 g/mol. The van der Waals surface area contributed by atoms with Gasteiger partial charge in [-0.05, 0) is 38.7 Å². The number of hydrogen-bond acceptors (Lipinski definition) is 9. The minimum absolute atomic E-state index is 0.0847. The van der Waals surface area contributed by atoms with E-state index in [1.807, 2.05) is 23.7 Å². The minimum atomic E-state index is -0.898. The molecule has 4 aromatic rings. The topological polar surface area (TPSA) is 147 Å². The van der Waals surface area contributed by atoms with Gasteiger partial charge in [-0.3, -0.25) is 9.36 Å². The molecule has 1 aliphatic carbocycles. The molecule has 0 aromatic carbocycles. The van der Waals surface area contributed by atoms with Crippen molar-refractivity contribution < 1.29 is 19.3 Å². The normalized spacial score (nSPS) is 18.3. The highest BCUT2D eigenvalue weighted by Gasteiger charge is 2.28. The number of nitrogens with one attached hydrogen (secondary N) is 1. The quantitative estimate of drug-likeness (QED) is 0.303. The van der Waals surface area contributed by atoms with E-state index in [1.165, 1.54) is 12.3 Å². The molecule has 1 aliphatic rings. The Morgan fingerprint density at radius 1 is 1.26 bits per heavy atom. The first-order chi connectivity index (χ1) is 18.5. The van der Waals surface area contributed by atoms with Gasteiger partial charge in [-0.2, -0.15) is 19.8 Å². The van der Waals surface area contributed by atoms with Crippen LogP contribution in [0.25, 0.3) is 22.2 Å². The van der Waals surface area contributed by atoms with Gasteiger partial charge in [0, 0.05) is 42.2 Å². The van der Waals surface area contributed by atoms with E-state index in [9.17, 15) is 9.50 Å². The molecule has 1 saturated carbocycles. The van der Waals surface area contributed by atoms with E-state index >= 15 is 0 Å². The lowest BCUT2D eigenvalue weighted by Gasteiger charge is -2.29. The van der Waals surface area contributed by atoms with Crippen molar-refractivity contribution in [3.05, 3.63) is 48.3 Å². The molecule has 0 saturated heterocycles. The van der Waals surface area contributed by atoms with Crippen molar-refractivity contribution in [2.75, 3.05) is 18.5 Å². The second-order valence-corrected chi connectivity index (χ2v) is 9.34. The van der Waals surface area contributed by atoms with Gasteiger partial charge >= 0.3 is 0 Å². The monoisotopic (exact) mass is 520 g/mol. The second kappa shape index (κ2) is 11.1. The Labute approximate surface area is 218 Å². The Hall–Kier alpha value is -4.08. The molecule has 0 spiro atoms. The van der Waals surface area contributed by atoms with Crippen LogP contribution < -0.4 is 10.1 Å². The first kappa shape index (κ1) is 25.6. The number of rotatable bonds is 9. The first-order valence-corrected chi connectivity index (χ1v) is 12.7. The molecule has 198 valence electrons. The fourth-order valence-corrected chi connectivity index (χ4v) is 4.82. The molecule has 1 fully saturated rings. The lowest BCUT2D eigenvalue weighted by Crippen LogP contribution is -2.27. The summed E-state index contributed by atoms with van der Waals surface area (Å²) < 4.78 is 23.9. The Morgan fingerprint density at radius 3 is 2.82 bits per heavy atom. The predicted octanol–water partition coefficient (Wildman–Crippen LogP) is 3.05. The zero-order chi connectivity index (χ0) is 26.6. The number of aliphatic hydroxyl groups is 2. The molecule has 0 amide bonds. The lowest BCUT2D eigenvalue weighted by molar-refractivity contribution is 0.0783. The van der Waals surface area contributed by atoms with Gasteiger partial charge in [0.1, 0.15) is 23.7 Å². The fourth-order valence-electron chi connectivity index (χ4n) is 4.82. The van der Waals surface area contributed by atoms with Crippen LogP contribution in [0.3, 0.4) is 0 Å². The molecule has 0 radical (unpaired) electrons.